The predicted octanol–water partition coefficient (Wildman–Crippen LogP) is 4.34. The van der Waals surface area contributed by atoms with Crippen LogP contribution in [0.5, 0.6) is 11.5 Å². The molecule has 0 aromatic heterocycles. The van der Waals surface area contributed by atoms with Gasteiger partial charge < -0.3 is 15.2 Å². The number of ether oxygens (including phenoxy) is 1. The predicted molar refractivity (Wildman–Crippen MR) is 101 cm³/mol. The summed E-state index contributed by atoms with van der Waals surface area (Å²) in [5, 5.41) is 22.5. The van der Waals surface area contributed by atoms with Crippen molar-refractivity contribution in [3.05, 3.63) is 94.0 Å². The molecule has 3 rings (SSSR count). The van der Waals surface area contributed by atoms with Gasteiger partial charge in [0.25, 0.3) is 11.6 Å². The average molecular weight is 378 g/mol. The van der Waals surface area contributed by atoms with Crippen molar-refractivity contribution in [2.24, 2.45) is 0 Å². The van der Waals surface area contributed by atoms with Gasteiger partial charge in [0.2, 0.25) is 0 Å². The molecule has 0 aliphatic carbocycles. The summed E-state index contributed by atoms with van der Waals surface area (Å²) in [6.45, 7) is 0. The van der Waals surface area contributed by atoms with E-state index in [1.807, 2.05) is 0 Å². The molecule has 0 spiro atoms. The van der Waals surface area contributed by atoms with Gasteiger partial charge >= 0.3 is 5.97 Å². The number of non-ortho nitro benzene ring substituents is 1. The number of amides is 1. The van der Waals surface area contributed by atoms with Crippen molar-refractivity contribution in [3.8, 4) is 11.5 Å². The van der Waals surface area contributed by atoms with E-state index in [9.17, 15) is 19.7 Å². The number of nitrogens with one attached hydrogen (secondary N) is 1. The number of benzene rings is 3. The Hall–Kier alpha value is -4.20. The molecule has 3 aromatic carbocycles. The normalized spacial score (nSPS) is 10.1. The summed E-state index contributed by atoms with van der Waals surface area (Å²) in [7, 11) is 0. The second-order valence-electron chi connectivity index (χ2n) is 5.69. The Morgan fingerprint density at radius 1 is 0.929 bits per heavy atom. The van der Waals surface area contributed by atoms with Crippen molar-refractivity contribution >= 4 is 23.3 Å². The Bertz CT molecular complexity index is 1050. The fraction of sp³-hybridized carbons (Fsp3) is 0. The first kappa shape index (κ1) is 18.6. The molecule has 0 bridgehead atoms. The first-order chi connectivity index (χ1) is 13.4. The van der Waals surface area contributed by atoms with E-state index in [0.717, 1.165) is 0 Å². The molecule has 0 heterocycles. The van der Waals surface area contributed by atoms with Crippen LogP contribution in [0.1, 0.15) is 20.7 Å². The van der Waals surface area contributed by atoms with E-state index in [-0.39, 0.29) is 16.8 Å². The Labute approximate surface area is 159 Å². The maximum Gasteiger partial charge on any atom is 0.335 e. The van der Waals surface area contributed by atoms with Gasteiger partial charge in [0, 0.05) is 17.7 Å². The van der Waals surface area contributed by atoms with Crippen LogP contribution >= 0.6 is 0 Å². The molecular weight excluding hydrogens is 364 g/mol. The molecule has 8 heteroatoms. The molecule has 0 fully saturated rings. The number of para-hydroxylation sites is 2. The van der Waals surface area contributed by atoms with Crippen molar-refractivity contribution in [1.29, 1.82) is 0 Å². The number of nitro benzene ring substituents is 1. The van der Waals surface area contributed by atoms with Crippen LogP contribution < -0.4 is 10.1 Å². The highest BCUT2D eigenvalue weighted by Crippen LogP contribution is 2.30. The van der Waals surface area contributed by atoms with Gasteiger partial charge in [-0.05, 0) is 42.5 Å². The van der Waals surface area contributed by atoms with Gasteiger partial charge in [-0.1, -0.05) is 18.2 Å². The molecule has 28 heavy (non-hydrogen) atoms. The maximum atomic E-state index is 12.5. The van der Waals surface area contributed by atoms with Gasteiger partial charge in [0.1, 0.15) is 5.75 Å². The highest BCUT2D eigenvalue weighted by Gasteiger charge is 2.14. The van der Waals surface area contributed by atoms with E-state index in [4.69, 9.17) is 9.84 Å². The maximum absolute atomic E-state index is 12.5. The minimum absolute atomic E-state index is 0.125. The van der Waals surface area contributed by atoms with Crippen LogP contribution in [0.15, 0.2) is 72.8 Å². The number of aromatic carboxylic acids is 1. The summed E-state index contributed by atoms with van der Waals surface area (Å²) in [5.41, 5.74) is 0.437. The zero-order valence-corrected chi connectivity index (χ0v) is 14.4. The first-order valence-corrected chi connectivity index (χ1v) is 8.10. The Kier molecular flexibility index (Phi) is 5.31. The smallest absolute Gasteiger partial charge is 0.335 e. The minimum Gasteiger partial charge on any atom is -0.478 e. The van der Waals surface area contributed by atoms with Crippen molar-refractivity contribution in [2.45, 2.75) is 0 Å². The third-order valence-electron chi connectivity index (χ3n) is 3.78. The third kappa shape index (κ3) is 4.31. The van der Waals surface area contributed by atoms with Gasteiger partial charge in [0.05, 0.1) is 16.2 Å². The summed E-state index contributed by atoms with van der Waals surface area (Å²) in [6, 6.07) is 17.9. The monoisotopic (exact) mass is 378 g/mol. The molecule has 0 aliphatic rings. The van der Waals surface area contributed by atoms with Gasteiger partial charge in [-0.25, -0.2) is 4.79 Å². The van der Waals surface area contributed by atoms with E-state index in [1.165, 1.54) is 48.5 Å². The lowest BCUT2D eigenvalue weighted by molar-refractivity contribution is -0.384. The quantitative estimate of drug-likeness (QED) is 0.486. The molecule has 140 valence electrons. The van der Waals surface area contributed by atoms with Gasteiger partial charge in [-0.15, -0.1) is 0 Å². The molecule has 0 aliphatic heterocycles. The SMILES string of the molecule is O=C(O)c1ccc(Oc2ccccc2NC(=O)c2cccc([N+](=O)[O-])c2)cc1. The number of rotatable bonds is 6. The number of carbonyl (C=O) groups excluding carboxylic acids is 1. The van der Waals surface area contributed by atoms with Crippen LogP contribution in [-0.4, -0.2) is 21.9 Å². The Morgan fingerprint density at radius 3 is 2.32 bits per heavy atom. The van der Waals surface area contributed by atoms with E-state index in [1.54, 1.807) is 24.3 Å². The van der Waals surface area contributed by atoms with Crippen LogP contribution in [0.25, 0.3) is 0 Å². The first-order valence-electron chi connectivity index (χ1n) is 8.10. The van der Waals surface area contributed by atoms with Crippen molar-refractivity contribution in [3.63, 3.8) is 0 Å². The van der Waals surface area contributed by atoms with Crippen LogP contribution in [0.2, 0.25) is 0 Å². The zero-order valence-electron chi connectivity index (χ0n) is 14.4. The number of nitrogens with zero attached hydrogens (tertiary/aromatic N) is 1. The van der Waals surface area contributed by atoms with E-state index in [2.05, 4.69) is 5.32 Å². The number of anilines is 1. The van der Waals surface area contributed by atoms with E-state index < -0.39 is 16.8 Å². The van der Waals surface area contributed by atoms with Gasteiger partial charge in [-0.2, -0.15) is 0 Å². The standard InChI is InChI=1S/C20H14N2O6/c23-19(14-4-3-5-15(12-14)22(26)27)21-17-6-1-2-7-18(17)28-16-10-8-13(9-11-16)20(24)25/h1-12H,(H,21,23)(H,24,25). The molecule has 0 saturated heterocycles. The average Bonchev–Trinajstić information content (AvgIpc) is 2.70. The summed E-state index contributed by atoms with van der Waals surface area (Å²) in [5.74, 6) is -0.844. The molecule has 1 amide bonds. The molecule has 0 saturated carbocycles. The van der Waals surface area contributed by atoms with Gasteiger partial charge in [-0.3, -0.25) is 14.9 Å². The molecule has 0 radical (unpaired) electrons. The molecule has 2 N–H and O–H groups in total. The molecule has 3 aromatic rings. The van der Waals surface area contributed by atoms with E-state index in [0.29, 0.717) is 17.2 Å². The fourth-order valence-corrected chi connectivity index (χ4v) is 2.41. The topological polar surface area (TPSA) is 119 Å². The number of hydrogen-bond donors (Lipinski definition) is 2. The number of carboxylic acid groups (broad SMARTS) is 1. The molecule has 8 nitrogen and oxygen atoms in total. The lowest BCUT2D eigenvalue weighted by Gasteiger charge is -2.12. The lowest BCUT2D eigenvalue weighted by atomic mass is 10.2. The van der Waals surface area contributed by atoms with Crippen LogP contribution in [0.3, 0.4) is 0 Å². The number of carbonyl (C=O) groups is 2. The van der Waals surface area contributed by atoms with E-state index >= 15 is 0 Å². The number of carboxylic acids is 1. The lowest BCUT2D eigenvalue weighted by Crippen LogP contribution is -2.12. The fourth-order valence-electron chi connectivity index (χ4n) is 2.41. The van der Waals surface area contributed by atoms with Crippen LogP contribution in [-0.2, 0) is 0 Å². The summed E-state index contributed by atoms with van der Waals surface area (Å²) in [6.07, 6.45) is 0. The Morgan fingerprint density at radius 2 is 1.64 bits per heavy atom. The van der Waals surface area contributed by atoms with Crippen LogP contribution in [0, 0.1) is 10.1 Å². The van der Waals surface area contributed by atoms with Crippen molar-refractivity contribution < 1.29 is 24.4 Å². The summed E-state index contributed by atoms with van der Waals surface area (Å²) >= 11 is 0. The molecule has 0 unspecified atom stereocenters. The molecule has 0 atom stereocenters. The minimum atomic E-state index is -1.05. The number of nitro groups is 1. The Balaban J connectivity index is 1.80. The van der Waals surface area contributed by atoms with Crippen molar-refractivity contribution in [1.82, 2.24) is 0 Å². The molecular formula is C20H14N2O6. The zero-order chi connectivity index (χ0) is 20.1. The second-order valence-corrected chi connectivity index (χ2v) is 5.69. The number of hydrogen-bond acceptors (Lipinski definition) is 5. The highest BCUT2D eigenvalue weighted by atomic mass is 16.6. The second kappa shape index (κ2) is 8.00. The van der Waals surface area contributed by atoms with Crippen molar-refractivity contribution in [2.75, 3.05) is 5.32 Å². The van der Waals surface area contributed by atoms with Gasteiger partial charge in [0.15, 0.2) is 5.75 Å². The summed E-state index contributed by atoms with van der Waals surface area (Å²) < 4.78 is 5.73. The largest absolute Gasteiger partial charge is 0.478 e. The third-order valence-corrected chi connectivity index (χ3v) is 3.78. The highest BCUT2D eigenvalue weighted by molar-refractivity contribution is 6.05. The summed E-state index contributed by atoms with van der Waals surface area (Å²) in [4.78, 5) is 33.7. The van der Waals surface area contributed by atoms with Crippen LogP contribution in [0.4, 0.5) is 11.4 Å².